The van der Waals surface area contributed by atoms with E-state index < -0.39 is 16.0 Å². The summed E-state index contributed by atoms with van der Waals surface area (Å²) in [7, 11) is -3.60. The zero-order valence-corrected chi connectivity index (χ0v) is 17.6. The van der Waals surface area contributed by atoms with Gasteiger partial charge in [0, 0.05) is 12.6 Å². The Kier molecular flexibility index (Phi) is 6.24. The maximum Gasteiger partial charge on any atom is 0.335 e. The normalized spacial score (nSPS) is 20.4. The second kappa shape index (κ2) is 8.51. The molecule has 0 saturated carbocycles. The summed E-state index contributed by atoms with van der Waals surface area (Å²) in [4.78, 5) is 11.3. The Labute approximate surface area is 172 Å². The van der Waals surface area contributed by atoms with Gasteiger partial charge >= 0.3 is 5.97 Å². The fourth-order valence-corrected chi connectivity index (χ4v) is 5.44. The molecule has 2 aromatic carbocycles. The fourth-order valence-electron chi connectivity index (χ4n) is 3.80. The summed E-state index contributed by atoms with van der Waals surface area (Å²) in [6, 6.07) is 14.9. The molecule has 0 amide bonds. The number of hydrogen-bond acceptors (Lipinski definition) is 3. The molecule has 2 aromatic rings. The molecule has 0 bridgehead atoms. The van der Waals surface area contributed by atoms with Crippen molar-refractivity contribution in [3.63, 3.8) is 0 Å². The van der Waals surface area contributed by atoms with Crippen molar-refractivity contribution in [1.29, 1.82) is 0 Å². The minimum Gasteiger partial charge on any atom is -0.478 e. The van der Waals surface area contributed by atoms with Crippen LogP contribution in [-0.4, -0.2) is 36.4 Å². The molecule has 0 radical (unpaired) electrons. The molecule has 1 N–H and O–H groups in total. The van der Waals surface area contributed by atoms with Crippen LogP contribution in [0, 0.1) is 5.41 Å². The summed E-state index contributed by atoms with van der Waals surface area (Å²) in [5.74, 6) is -0.967. The van der Waals surface area contributed by atoms with Crippen molar-refractivity contribution in [1.82, 2.24) is 4.31 Å². The standard InChI is InChI=1S/C23H27NO4S/c1-23(2)15-6-16-24(29(27,28)21-7-4-3-5-8-21)20(17-23)14-11-18-9-12-19(13-10-18)22(25)26/h3-5,7-14,20H,6,15-17H2,1-2H3,(H,25,26)/b14-11+. The van der Waals surface area contributed by atoms with E-state index in [-0.39, 0.29) is 17.0 Å². The number of hydrogen-bond donors (Lipinski definition) is 1. The van der Waals surface area contributed by atoms with Gasteiger partial charge in [0.25, 0.3) is 0 Å². The maximum absolute atomic E-state index is 13.3. The Morgan fingerprint density at radius 1 is 1.10 bits per heavy atom. The predicted octanol–water partition coefficient (Wildman–Crippen LogP) is 4.67. The summed E-state index contributed by atoms with van der Waals surface area (Å²) >= 11 is 0. The van der Waals surface area contributed by atoms with Gasteiger partial charge in [-0.1, -0.05) is 56.3 Å². The molecule has 0 aromatic heterocycles. The largest absolute Gasteiger partial charge is 0.478 e. The summed E-state index contributed by atoms with van der Waals surface area (Å²) in [5, 5.41) is 9.04. The van der Waals surface area contributed by atoms with Crippen molar-refractivity contribution in [2.45, 2.75) is 44.0 Å². The first-order valence-corrected chi connectivity index (χ1v) is 11.2. The lowest BCUT2D eigenvalue weighted by atomic mass is 9.83. The number of carboxylic acid groups (broad SMARTS) is 1. The van der Waals surface area contributed by atoms with Crippen LogP contribution in [-0.2, 0) is 10.0 Å². The monoisotopic (exact) mass is 413 g/mol. The van der Waals surface area contributed by atoms with Gasteiger partial charge in [0.05, 0.1) is 10.5 Å². The van der Waals surface area contributed by atoms with Gasteiger partial charge in [0.2, 0.25) is 10.0 Å². The number of carboxylic acids is 1. The molecule has 1 aliphatic rings. The highest BCUT2D eigenvalue weighted by Gasteiger charge is 2.36. The van der Waals surface area contributed by atoms with E-state index >= 15 is 0 Å². The molecule has 6 heteroatoms. The van der Waals surface area contributed by atoms with Gasteiger partial charge in [-0.15, -0.1) is 0 Å². The predicted molar refractivity (Wildman–Crippen MR) is 114 cm³/mol. The van der Waals surface area contributed by atoms with Crippen LogP contribution in [0.1, 0.15) is 49.0 Å². The molecule has 0 aliphatic carbocycles. The van der Waals surface area contributed by atoms with Gasteiger partial charge in [-0.2, -0.15) is 4.31 Å². The SMILES string of the molecule is CC1(C)CCCN(S(=O)(=O)c2ccccc2)C(/C=C/c2ccc(C(=O)O)cc2)C1. The average Bonchev–Trinajstić information content (AvgIpc) is 2.85. The third-order valence-electron chi connectivity index (χ3n) is 5.38. The Bertz CT molecular complexity index is 979. The van der Waals surface area contributed by atoms with Gasteiger partial charge in [0.1, 0.15) is 0 Å². The van der Waals surface area contributed by atoms with E-state index in [1.54, 1.807) is 52.8 Å². The Morgan fingerprint density at radius 3 is 2.38 bits per heavy atom. The summed E-state index contributed by atoms with van der Waals surface area (Å²) < 4.78 is 28.2. The fraction of sp³-hybridized carbons (Fsp3) is 0.348. The molecule has 5 nitrogen and oxygen atoms in total. The highest BCUT2D eigenvalue weighted by Crippen LogP contribution is 2.36. The van der Waals surface area contributed by atoms with Crippen LogP contribution in [0.5, 0.6) is 0 Å². The average molecular weight is 414 g/mol. The van der Waals surface area contributed by atoms with Crippen LogP contribution in [0.3, 0.4) is 0 Å². The first-order chi connectivity index (χ1) is 13.7. The molecular formula is C23H27NO4S. The van der Waals surface area contributed by atoms with Crippen LogP contribution < -0.4 is 0 Å². The smallest absolute Gasteiger partial charge is 0.335 e. The van der Waals surface area contributed by atoms with E-state index in [0.29, 0.717) is 11.4 Å². The lowest BCUT2D eigenvalue weighted by molar-refractivity contribution is 0.0697. The highest BCUT2D eigenvalue weighted by molar-refractivity contribution is 7.89. The summed E-state index contributed by atoms with van der Waals surface area (Å²) in [6.45, 7) is 4.83. The number of rotatable bonds is 5. The third kappa shape index (κ3) is 5.14. The molecule has 1 unspecified atom stereocenters. The lowest BCUT2D eigenvalue weighted by Crippen LogP contribution is -2.39. The zero-order valence-electron chi connectivity index (χ0n) is 16.8. The molecule has 1 atom stereocenters. The molecule has 154 valence electrons. The van der Waals surface area contributed by atoms with Crippen molar-refractivity contribution < 1.29 is 18.3 Å². The van der Waals surface area contributed by atoms with Gasteiger partial charge in [0.15, 0.2) is 0 Å². The van der Waals surface area contributed by atoms with Gasteiger partial charge in [-0.05, 0) is 54.5 Å². The molecule has 1 fully saturated rings. The molecule has 29 heavy (non-hydrogen) atoms. The topological polar surface area (TPSA) is 74.7 Å². The van der Waals surface area contributed by atoms with Crippen molar-refractivity contribution in [2.75, 3.05) is 6.54 Å². The van der Waals surface area contributed by atoms with E-state index in [1.165, 1.54) is 0 Å². The second-order valence-electron chi connectivity index (χ2n) is 8.25. The molecule has 0 spiro atoms. The number of carbonyl (C=O) groups is 1. The summed E-state index contributed by atoms with van der Waals surface area (Å²) in [5.41, 5.74) is 1.10. The molecular weight excluding hydrogens is 386 g/mol. The number of nitrogens with zero attached hydrogens (tertiary/aromatic N) is 1. The van der Waals surface area contributed by atoms with E-state index in [0.717, 1.165) is 24.8 Å². The Hall–Kier alpha value is -2.44. The minimum absolute atomic E-state index is 0.0309. The molecule has 3 rings (SSSR count). The van der Waals surface area contributed by atoms with Crippen molar-refractivity contribution >= 4 is 22.1 Å². The van der Waals surface area contributed by atoms with E-state index in [9.17, 15) is 13.2 Å². The second-order valence-corrected chi connectivity index (χ2v) is 10.1. The zero-order chi connectivity index (χ0) is 21.1. The van der Waals surface area contributed by atoms with E-state index in [4.69, 9.17) is 5.11 Å². The van der Waals surface area contributed by atoms with Gasteiger partial charge in [-0.3, -0.25) is 0 Å². The first-order valence-electron chi connectivity index (χ1n) is 9.77. The Balaban J connectivity index is 1.93. The Morgan fingerprint density at radius 2 is 1.76 bits per heavy atom. The van der Waals surface area contributed by atoms with E-state index in [2.05, 4.69) is 13.8 Å². The van der Waals surface area contributed by atoms with Gasteiger partial charge < -0.3 is 5.11 Å². The van der Waals surface area contributed by atoms with Crippen molar-refractivity contribution in [3.05, 3.63) is 71.8 Å². The minimum atomic E-state index is -3.60. The number of aromatic carboxylic acids is 1. The lowest BCUT2D eigenvalue weighted by Gasteiger charge is -2.30. The highest BCUT2D eigenvalue weighted by atomic mass is 32.2. The summed E-state index contributed by atoms with van der Waals surface area (Å²) in [6.07, 6.45) is 6.32. The quantitative estimate of drug-likeness (QED) is 0.773. The molecule has 1 saturated heterocycles. The number of sulfonamides is 1. The first kappa shape index (κ1) is 21.3. The maximum atomic E-state index is 13.3. The number of benzene rings is 2. The van der Waals surface area contributed by atoms with Crippen molar-refractivity contribution in [3.8, 4) is 0 Å². The van der Waals surface area contributed by atoms with Crippen LogP contribution in [0.15, 0.2) is 65.6 Å². The molecule has 1 heterocycles. The van der Waals surface area contributed by atoms with E-state index in [1.807, 2.05) is 18.2 Å². The third-order valence-corrected chi connectivity index (χ3v) is 7.32. The van der Waals surface area contributed by atoms with Crippen LogP contribution in [0.4, 0.5) is 0 Å². The van der Waals surface area contributed by atoms with Crippen molar-refractivity contribution in [2.24, 2.45) is 5.41 Å². The van der Waals surface area contributed by atoms with Crippen LogP contribution in [0.25, 0.3) is 6.08 Å². The van der Waals surface area contributed by atoms with Gasteiger partial charge in [-0.25, -0.2) is 13.2 Å². The van der Waals surface area contributed by atoms with Crippen LogP contribution in [0.2, 0.25) is 0 Å². The van der Waals surface area contributed by atoms with Crippen LogP contribution >= 0.6 is 0 Å². The molecule has 1 aliphatic heterocycles.